The van der Waals surface area contributed by atoms with Gasteiger partial charge in [-0.15, -0.1) is 0 Å². The fraction of sp³-hybridized carbons (Fsp3) is 0.0588. The Kier molecular flexibility index (Phi) is 5.45. The maximum absolute atomic E-state index is 12.4. The second kappa shape index (κ2) is 7.53. The van der Waals surface area contributed by atoms with Crippen molar-refractivity contribution in [1.29, 1.82) is 5.26 Å². The SMILES string of the molecule is COc1cccc(C(=O)/C(C#N)=C/c2ccc(Br)c([N+](=O)[O-])c2)c1. The summed E-state index contributed by atoms with van der Waals surface area (Å²) in [7, 11) is 1.48. The molecule has 0 heterocycles. The summed E-state index contributed by atoms with van der Waals surface area (Å²) in [6.45, 7) is 0. The zero-order valence-electron chi connectivity index (χ0n) is 12.5. The Morgan fingerprint density at radius 2 is 2.08 bits per heavy atom. The van der Waals surface area contributed by atoms with Crippen molar-refractivity contribution in [3.63, 3.8) is 0 Å². The molecule has 7 heteroatoms. The van der Waals surface area contributed by atoms with Crippen molar-refractivity contribution in [2.24, 2.45) is 0 Å². The van der Waals surface area contributed by atoms with Crippen molar-refractivity contribution in [3.8, 4) is 11.8 Å². The number of hydrogen-bond acceptors (Lipinski definition) is 5. The summed E-state index contributed by atoms with van der Waals surface area (Å²) in [5.74, 6) is 0.0133. The number of nitriles is 1. The highest BCUT2D eigenvalue weighted by molar-refractivity contribution is 9.10. The monoisotopic (exact) mass is 386 g/mol. The Morgan fingerprint density at radius 3 is 2.71 bits per heavy atom. The molecule has 0 bridgehead atoms. The number of nitro groups is 1. The van der Waals surface area contributed by atoms with Crippen LogP contribution in [-0.4, -0.2) is 17.8 Å². The van der Waals surface area contributed by atoms with Gasteiger partial charge in [0.05, 0.1) is 16.5 Å². The van der Waals surface area contributed by atoms with Crippen LogP contribution in [0, 0.1) is 21.4 Å². The van der Waals surface area contributed by atoms with Crippen LogP contribution in [0.25, 0.3) is 6.08 Å². The lowest BCUT2D eigenvalue weighted by molar-refractivity contribution is -0.385. The van der Waals surface area contributed by atoms with Crippen LogP contribution in [0.2, 0.25) is 0 Å². The van der Waals surface area contributed by atoms with Crippen LogP contribution < -0.4 is 4.74 Å². The van der Waals surface area contributed by atoms with Crippen LogP contribution in [0.4, 0.5) is 5.69 Å². The maximum atomic E-state index is 12.4. The minimum atomic E-state index is -0.544. The molecule has 0 aliphatic rings. The fourth-order valence-electron chi connectivity index (χ4n) is 1.99. The summed E-state index contributed by atoms with van der Waals surface area (Å²) in [5.41, 5.74) is 0.418. The fourth-order valence-corrected chi connectivity index (χ4v) is 2.39. The quantitative estimate of drug-likeness (QED) is 0.253. The van der Waals surface area contributed by atoms with Crippen LogP contribution in [0.15, 0.2) is 52.5 Å². The number of hydrogen-bond donors (Lipinski definition) is 0. The molecular formula is C17H11BrN2O4. The van der Waals surface area contributed by atoms with Gasteiger partial charge in [-0.1, -0.05) is 18.2 Å². The highest BCUT2D eigenvalue weighted by Crippen LogP contribution is 2.27. The number of halogens is 1. The number of ether oxygens (including phenoxy) is 1. The van der Waals surface area contributed by atoms with E-state index in [1.54, 1.807) is 24.3 Å². The lowest BCUT2D eigenvalue weighted by atomic mass is 10.0. The molecule has 0 atom stereocenters. The standard InChI is InChI=1S/C17H11BrN2O4/c1-24-14-4-2-3-12(9-14)17(21)13(10-19)7-11-5-6-15(18)16(8-11)20(22)23/h2-9H,1H3/b13-7+. The van der Waals surface area contributed by atoms with Crippen LogP contribution in [0.3, 0.4) is 0 Å². The van der Waals surface area contributed by atoms with Gasteiger partial charge in [-0.3, -0.25) is 14.9 Å². The second-order valence-corrected chi connectivity index (χ2v) is 5.55. The number of methoxy groups -OCH3 is 1. The third-order valence-electron chi connectivity index (χ3n) is 3.17. The van der Waals surface area contributed by atoms with Gasteiger partial charge < -0.3 is 4.74 Å². The molecule has 0 spiro atoms. The van der Waals surface area contributed by atoms with Gasteiger partial charge in [0.1, 0.15) is 17.4 Å². The maximum Gasteiger partial charge on any atom is 0.284 e. The summed E-state index contributed by atoms with van der Waals surface area (Å²) < 4.78 is 5.38. The number of carbonyl (C=O) groups excluding carboxylic acids is 1. The van der Waals surface area contributed by atoms with E-state index in [0.29, 0.717) is 21.3 Å². The van der Waals surface area contributed by atoms with E-state index in [-0.39, 0.29) is 11.3 Å². The number of allylic oxidation sites excluding steroid dienone is 1. The minimum Gasteiger partial charge on any atom is -0.497 e. The average Bonchev–Trinajstić information content (AvgIpc) is 2.60. The van der Waals surface area contributed by atoms with Crippen molar-refractivity contribution in [2.75, 3.05) is 7.11 Å². The molecule has 2 aromatic rings. The Labute approximate surface area is 146 Å². The van der Waals surface area contributed by atoms with E-state index in [1.807, 2.05) is 6.07 Å². The molecular weight excluding hydrogens is 376 g/mol. The summed E-state index contributed by atoms with van der Waals surface area (Å²) in [5, 5.41) is 20.2. The lowest BCUT2D eigenvalue weighted by Crippen LogP contribution is -2.02. The first-order valence-electron chi connectivity index (χ1n) is 6.70. The van der Waals surface area contributed by atoms with E-state index in [1.165, 1.54) is 31.4 Å². The predicted molar refractivity (Wildman–Crippen MR) is 91.7 cm³/mol. The molecule has 6 nitrogen and oxygen atoms in total. The Bertz CT molecular complexity index is 884. The minimum absolute atomic E-state index is 0.125. The molecule has 0 aliphatic carbocycles. The largest absolute Gasteiger partial charge is 0.497 e. The molecule has 0 fully saturated rings. The molecule has 2 aromatic carbocycles. The zero-order chi connectivity index (χ0) is 17.7. The van der Waals surface area contributed by atoms with E-state index in [2.05, 4.69) is 15.9 Å². The van der Waals surface area contributed by atoms with Gasteiger partial charge in [0.25, 0.3) is 5.69 Å². The molecule has 0 saturated carbocycles. The van der Waals surface area contributed by atoms with Crippen molar-refractivity contribution in [1.82, 2.24) is 0 Å². The molecule has 0 N–H and O–H groups in total. The van der Waals surface area contributed by atoms with Gasteiger partial charge in [-0.2, -0.15) is 5.26 Å². The number of ketones is 1. The smallest absolute Gasteiger partial charge is 0.284 e. The Hall–Kier alpha value is -2.98. The number of carbonyl (C=O) groups is 1. The highest BCUT2D eigenvalue weighted by Gasteiger charge is 2.15. The van der Waals surface area contributed by atoms with Crippen molar-refractivity contribution in [3.05, 3.63) is 73.8 Å². The average molecular weight is 387 g/mol. The first kappa shape index (κ1) is 17.4. The number of benzene rings is 2. The van der Waals surface area contributed by atoms with E-state index >= 15 is 0 Å². The molecule has 0 radical (unpaired) electrons. The molecule has 0 amide bonds. The van der Waals surface area contributed by atoms with Gasteiger partial charge in [-0.05, 0) is 45.8 Å². The third kappa shape index (κ3) is 3.86. The van der Waals surface area contributed by atoms with E-state index < -0.39 is 10.7 Å². The molecule has 120 valence electrons. The molecule has 0 saturated heterocycles. The second-order valence-electron chi connectivity index (χ2n) is 4.70. The van der Waals surface area contributed by atoms with E-state index in [4.69, 9.17) is 4.74 Å². The predicted octanol–water partition coefficient (Wildman–Crippen LogP) is 4.16. The normalized spacial score (nSPS) is 10.8. The topological polar surface area (TPSA) is 93.2 Å². The van der Waals surface area contributed by atoms with Crippen molar-refractivity contribution in [2.45, 2.75) is 0 Å². The molecule has 0 unspecified atom stereocenters. The van der Waals surface area contributed by atoms with Gasteiger partial charge in [0.2, 0.25) is 5.78 Å². The van der Waals surface area contributed by atoms with Gasteiger partial charge in [-0.25, -0.2) is 0 Å². The Morgan fingerprint density at radius 1 is 1.33 bits per heavy atom. The van der Waals surface area contributed by atoms with Crippen LogP contribution >= 0.6 is 15.9 Å². The molecule has 0 aliphatic heterocycles. The van der Waals surface area contributed by atoms with Crippen LogP contribution in [-0.2, 0) is 0 Å². The third-order valence-corrected chi connectivity index (χ3v) is 3.85. The lowest BCUT2D eigenvalue weighted by Gasteiger charge is -2.03. The van der Waals surface area contributed by atoms with Gasteiger partial charge >= 0.3 is 0 Å². The number of nitrogens with zero attached hydrogens (tertiary/aromatic N) is 2. The summed E-state index contributed by atoms with van der Waals surface area (Å²) in [4.78, 5) is 22.9. The number of Topliss-reactive ketones (excluding diaryl/α,β-unsaturated/α-hetero) is 1. The summed E-state index contributed by atoms with van der Waals surface area (Å²) >= 11 is 3.09. The Balaban J connectivity index is 2.42. The molecule has 0 aromatic heterocycles. The molecule has 24 heavy (non-hydrogen) atoms. The first-order chi connectivity index (χ1) is 11.5. The number of nitro benzene ring substituents is 1. The van der Waals surface area contributed by atoms with Gasteiger partial charge in [0, 0.05) is 11.6 Å². The van der Waals surface area contributed by atoms with Gasteiger partial charge in [0.15, 0.2) is 0 Å². The van der Waals surface area contributed by atoms with Crippen LogP contribution in [0.5, 0.6) is 5.75 Å². The van der Waals surface area contributed by atoms with Crippen molar-refractivity contribution < 1.29 is 14.5 Å². The van der Waals surface area contributed by atoms with E-state index in [0.717, 1.165) is 0 Å². The number of rotatable bonds is 5. The van der Waals surface area contributed by atoms with Crippen molar-refractivity contribution >= 4 is 33.5 Å². The first-order valence-corrected chi connectivity index (χ1v) is 7.50. The summed E-state index contributed by atoms with van der Waals surface area (Å²) in [6.07, 6.45) is 1.32. The van der Waals surface area contributed by atoms with Crippen LogP contribution in [0.1, 0.15) is 15.9 Å². The summed E-state index contributed by atoms with van der Waals surface area (Å²) in [6, 6.07) is 12.6. The highest BCUT2D eigenvalue weighted by atomic mass is 79.9. The molecule has 2 rings (SSSR count). The zero-order valence-corrected chi connectivity index (χ0v) is 14.1. The van der Waals surface area contributed by atoms with E-state index in [9.17, 15) is 20.2 Å².